The summed E-state index contributed by atoms with van der Waals surface area (Å²) in [5.74, 6) is -2.20. The first kappa shape index (κ1) is 13.0. The van der Waals surface area contributed by atoms with Crippen molar-refractivity contribution in [3.63, 3.8) is 0 Å². The first-order chi connectivity index (χ1) is 9.08. The van der Waals surface area contributed by atoms with Gasteiger partial charge in [-0.2, -0.15) is 0 Å². The molecule has 0 saturated heterocycles. The second kappa shape index (κ2) is 5.48. The Kier molecular flexibility index (Phi) is 3.76. The first-order valence-corrected chi connectivity index (χ1v) is 6.00. The van der Waals surface area contributed by atoms with E-state index in [1.54, 1.807) is 0 Å². The van der Waals surface area contributed by atoms with Crippen LogP contribution in [-0.2, 0) is 5.75 Å². The Morgan fingerprint density at radius 3 is 2.63 bits per heavy atom. The topological polar surface area (TPSA) is 129 Å². The molecule has 0 saturated carbocycles. The Balaban J connectivity index is 2.24. The van der Waals surface area contributed by atoms with E-state index in [9.17, 15) is 9.59 Å². The highest BCUT2D eigenvalue weighted by Crippen LogP contribution is 2.20. The van der Waals surface area contributed by atoms with E-state index in [0.29, 0.717) is 5.16 Å². The summed E-state index contributed by atoms with van der Waals surface area (Å²) in [6.07, 6.45) is 2.53. The Hall–Kier alpha value is -2.42. The predicted molar refractivity (Wildman–Crippen MR) is 64.1 cm³/mol. The smallest absolute Gasteiger partial charge is 0.337 e. The first-order valence-electron chi connectivity index (χ1n) is 5.02. The lowest BCUT2D eigenvalue weighted by molar-refractivity contribution is 0.0695. The fourth-order valence-corrected chi connectivity index (χ4v) is 2.05. The predicted octanol–water partition coefficient (Wildman–Crippen LogP) is 0.888. The molecule has 0 spiro atoms. The third kappa shape index (κ3) is 3.07. The van der Waals surface area contributed by atoms with Gasteiger partial charge in [0.15, 0.2) is 0 Å². The number of nitrogens with zero attached hydrogens (tertiary/aromatic N) is 3. The molecule has 0 atom stereocenters. The number of hydrogen-bond acceptors (Lipinski definition) is 6. The molecule has 98 valence electrons. The van der Waals surface area contributed by atoms with Gasteiger partial charge in [0.2, 0.25) is 5.16 Å². The lowest BCUT2D eigenvalue weighted by atomic mass is 10.1. The number of carbonyl (C=O) groups is 2. The van der Waals surface area contributed by atoms with Crippen LogP contribution < -0.4 is 0 Å². The van der Waals surface area contributed by atoms with E-state index in [0.717, 1.165) is 12.3 Å². The van der Waals surface area contributed by atoms with Gasteiger partial charge in [0, 0.05) is 11.9 Å². The van der Waals surface area contributed by atoms with Crippen molar-refractivity contribution in [1.29, 1.82) is 0 Å². The van der Waals surface area contributed by atoms with Crippen molar-refractivity contribution >= 4 is 23.7 Å². The summed E-state index contributed by atoms with van der Waals surface area (Å²) in [5.41, 5.74) is -0.0284. The van der Waals surface area contributed by atoms with Crippen LogP contribution in [0.5, 0.6) is 0 Å². The van der Waals surface area contributed by atoms with Gasteiger partial charge in [0.1, 0.15) is 6.33 Å². The number of aromatic amines is 1. The van der Waals surface area contributed by atoms with E-state index in [4.69, 9.17) is 10.2 Å². The molecule has 0 aliphatic rings. The minimum Gasteiger partial charge on any atom is -0.478 e. The van der Waals surface area contributed by atoms with Crippen LogP contribution in [0.15, 0.2) is 23.7 Å². The van der Waals surface area contributed by atoms with Gasteiger partial charge in [-0.25, -0.2) is 14.6 Å². The van der Waals surface area contributed by atoms with Crippen LogP contribution in [0.1, 0.15) is 26.4 Å². The largest absolute Gasteiger partial charge is 0.478 e. The number of carboxylic acid groups (broad SMARTS) is 2. The van der Waals surface area contributed by atoms with Gasteiger partial charge in [0.05, 0.1) is 16.8 Å². The molecule has 2 aromatic rings. The number of aromatic nitrogens is 4. The highest BCUT2D eigenvalue weighted by atomic mass is 32.2. The summed E-state index contributed by atoms with van der Waals surface area (Å²) in [4.78, 5) is 29.6. The number of hydrogen-bond donors (Lipinski definition) is 3. The molecule has 2 rings (SSSR count). The highest BCUT2D eigenvalue weighted by molar-refractivity contribution is 7.98. The van der Waals surface area contributed by atoms with Gasteiger partial charge >= 0.3 is 11.9 Å². The van der Waals surface area contributed by atoms with Gasteiger partial charge in [-0.1, -0.05) is 11.8 Å². The van der Waals surface area contributed by atoms with E-state index in [1.165, 1.54) is 18.1 Å². The fraction of sp³-hybridized carbons (Fsp3) is 0.100. The Morgan fingerprint density at radius 1 is 1.26 bits per heavy atom. The molecule has 0 fully saturated rings. The standard InChI is InChI=1S/C10H8N4O4S/c15-8(16)5-1-6(9(17)18)7(11-2-5)3-19-10-12-4-13-14-10/h1-2,4H,3H2,(H,15,16)(H,17,18)(H,12,13,14). The van der Waals surface area contributed by atoms with Crippen LogP contribution in [-0.4, -0.2) is 42.3 Å². The van der Waals surface area contributed by atoms with E-state index in [-0.39, 0.29) is 22.6 Å². The third-order valence-corrected chi connectivity index (χ3v) is 3.05. The van der Waals surface area contributed by atoms with Crippen LogP contribution in [0.4, 0.5) is 0 Å². The van der Waals surface area contributed by atoms with Gasteiger partial charge in [0.25, 0.3) is 0 Å². The number of thioether (sulfide) groups is 1. The van der Waals surface area contributed by atoms with Crippen molar-refractivity contribution in [2.75, 3.05) is 0 Å². The second-order valence-corrected chi connectivity index (χ2v) is 4.34. The maximum Gasteiger partial charge on any atom is 0.337 e. The Labute approximate surface area is 110 Å². The molecular formula is C10H8N4O4S. The number of carboxylic acids is 2. The van der Waals surface area contributed by atoms with Crippen molar-refractivity contribution in [1.82, 2.24) is 20.2 Å². The zero-order valence-corrected chi connectivity index (χ0v) is 10.2. The van der Waals surface area contributed by atoms with Gasteiger partial charge in [-0.05, 0) is 6.07 Å². The molecule has 0 aromatic carbocycles. The van der Waals surface area contributed by atoms with Crippen LogP contribution in [0.2, 0.25) is 0 Å². The molecule has 19 heavy (non-hydrogen) atoms. The number of pyridine rings is 1. The number of rotatable bonds is 5. The highest BCUT2D eigenvalue weighted by Gasteiger charge is 2.16. The molecule has 0 unspecified atom stereocenters. The molecule has 0 radical (unpaired) electrons. The molecular weight excluding hydrogens is 272 g/mol. The van der Waals surface area contributed by atoms with E-state index < -0.39 is 11.9 Å². The van der Waals surface area contributed by atoms with Gasteiger partial charge in [-0.15, -0.1) is 5.10 Å². The SMILES string of the molecule is O=C(O)c1cnc(CSc2nc[nH]n2)c(C(=O)O)c1. The number of nitrogens with one attached hydrogen (secondary N) is 1. The van der Waals surface area contributed by atoms with Crippen LogP contribution in [0.25, 0.3) is 0 Å². The van der Waals surface area contributed by atoms with Crippen molar-refractivity contribution < 1.29 is 19.8 Å². The van der Waals surface area contributed by atoms with Gasteiger partial charge < -0.3 is 10.2 Å². The molecule has 0 bridgehead atoms. The average Bonchev–Trinajstić information content (AvgIpc) is 2.89. The van der Waals surface area contributed by atoms with Crippen molar-refractivity contribution in [3.8, 4) is 0 Å². The molecule has 0 aliphatic carbocycles. The summed E-state index contributed by atoms with van der Waals surface area (Å²) >= 11 is 1.20. The minimum absolute atomic E-state index is 0.136. The maximum absolute atomic E-state index is 11.1. The minimum atomic E-state index is -1.22. The Morgan fingerprint density at radius 2 is 2.05 bits per heavy atom. The van der Waals surface area contributed by atoms with E-state index in [2.05, 4.69) is 20.2 Å². The quantitative estimate of drug-likeness (QED) is 0.688. The number of aromatic carboxylic acids is 2. The summed E-state index contributed by atoms with van der Waals surface area (Å²) in [5, 5.41) is 24.6. The molecule has 2 aromatic heterocycles. The third-order valence-electron chi connectivity index (χ3n) is 2.18. The van der Waals surface area contributed by atoms with Gasteiger partial charge in [-0.3, -0.25) is 10.1 Å². The normalized spacial score (nSPS) is 10.3. The second-order valence-electron chi connectivity index (χ2n) is 3.40. The maximum atomic E-state index is 11.1. The zero-order chi connectivity index (χ0) is 13.8. The Bertz CT molecular complexity index is 614. The molecule has 9 heteroatoms. The molecule has 0 aliphatic heterocycles. The van der Waals surface area contributed by atoms with Crippen LogP contribution in [0.3, 0.4) is 0 Å². The van der Waals surface area contributed by atoms with Crippen LogP contribution in [0, 0.1) is 0 Å². The summed E-state index contributed by atoms with van der Waals surface area (Å²) in [7, 11) is 0. The zero-order valence-electron chi connectivity index (χ0n) is 9.40. The summed E-state index contributed by atoms with van der Waals surface area (Å²) in [6.45, 7) is 0. The average molecular weight is 280 g/mol. The van der Waals surface area contributed by atoms with Crippen LogP contribution >= 0.6 is 11.8 Å². The van der Waals surface area contributed by atoms with E-state index >= 15 is 0 Å². The van der Waals surface area contributed by atoms with Crippen molar-refractivity contribution in [2.45, 2.75) is 10.9 Å². The molecule has 8 nitrogen and oxygen atoms in total. The molecule has 2 heterocycles. The molecule has 3 N–H and O–H groups in total. The van der Waals surface area contributed by atoms with Crippen molar-refractivity contribution in [3.05, 3.63) is 35.4 Å². The van der Waals surface area contributed by atoms with Crippen molar-refractivity contribution in [2.24, 2.45) is 0 Å². The molecule has 0 amide bonds. The summed E-state index contributed by atoms with van der Waals surface area (Å²) in [6, 6.07) is 1.09. The lowest BCUT2D eigenvalue weighted by Gasteiger charge is -2.04. The monoisotopic (exact) mass is 280 g/mol. The summed E-state index contributed by atoms with van der Waals surface area (Å²) < 4.78 is 0. The lowest BCUT2D eigenvalue weighted by Crippen LogP contribution is -2.08. The fourth-order valence-electron chi connectivity index (χ4n) is 1.31. The van der Waals surface area contributed by atoms with E-state index in [1.807, 2.05) is 0 Å². The number of H-pyrrole nitrogens is 1.